The van der Waals surface area contributed by atoms with Gasteiger partial charge in [0.05, 0.1) is 11.8 Å². The maximum atomic E-state index is 11.9. The molecule has 2 heterocycles. The largest absolute Gasteiger partial charge is 0.298 e. The van der Waals surface area contributed by atoms with E-state index in [1.165, 1.54) is 11.3 Å². The van der Waals surface area contributed by atoms with E-state index in [2.05, 4.69) is 15.4 Å². The van der Waals surface area contributed by atoms with Crippen LogP contribution in [-0.4, -0.2) is 20.7 Å². The Bertz CT molecular complexity index is 529. The zero-order valence-corrected chi connectivity index (χ0v) is 10.1. The van der Waals surface area contributed by atoms with Crippen LogP contribution >= 0.6 is 11.3 Å². The molecule has 84 valence electrons. The van der Waals surface area contributed by atoms with Crippen LogP contribution in [0.5, 0.6) is 0 Å². The van der Waals surface area contributed by atoms with E-state index in [0.29, 0.717) is 10.7 Å². The average molecular weight is 236 g/mol. The molecule has 0 aliphatic rings. The lowest BCUT2D eigenvalue weighted by molar-refractivity contribution is 0.102. The highest BCUT2D eigenvalue weighted by Crippen LogP contribution is 2.18. The minimum absolute atomic E-state index is 0.167. The van der Waals surface area contributed by atoms with E-state index in [9.17, 15) is 4.79 Å². The van der Waals surface area contributed by atoms with Gasteiger partial charge in [-0.05, 0) is 13.8 Å². The molecule has 0 saturated heterocycles. The van der Waals surface area contributed by atoms with Crippen molar-refractivity contribution in [3.8, 4) is 0 Å². The molecule has 2 aromatic rings. The van der Waals surface area contributed by atoms with Crippen LogP contribution in [0.4, 0.5) is 5.13 Å². The highest BCUT2D eigenvalue weighted by molar-refractivity contribution is 7.15. The molecule has 0 atom stereocenters. The van der Waals surface area contributed by atoms with Crippen molar-refractivity contribution in [1.82, 2.24) is 14.8 Å². The van der Waals surface area contributed by atoms with Crippen molar-refractivity contribution in [3.63, 3.8) is 0 Å². The molecule has 0 bridgehead atoms. The number of nitrogens with zero attached hydrogens (tertiary/aromatic N) is 3. The number of rotatable bonds is 2. The van der Waals surface area contributed by atoms with Crippen LogP contribution in [0, 0.1) is 13.8 Å². The van der Waals surface area contributed by atoms with Gasteiger partial charge in [0.25, 0.3) is 5.91 Å². The lowest BCUT2D eigenvalue weighted by Crippen LogP contribution is -2.12. The second kappa shape index (κ2) is 4.05. The van der Waals surface area contributed by atoms with Crippen LogP contribution < -0.4 is 5.32 Å². The summed E-state index contributed by atoms with van der Waals surface area (Å²) in [4.78, 5) is 17.0. The van der Waals surface area contributed by atoms with Gasteiger partial charge in [-0.2, -0.15) is 5.10 Å². The Morgan fingerprint density at radius 1 is 1.44 bits per heavy atom. The van der Waals surface area contributed by atoms with Gasteiger partial charge in [-0.25, -0.2) is 4.98 Å². The number of nitrogens with one attached hydrogen (secondary N) is 1. The second-order valence-electron chi connectivity index (χ2n) is 3.50. The van der Waals surface area contributed by atoms with E-state index < -0.39 is 0 Å². The molecule has 0 unspecified atom stereocenters. The van der Waals surface area contributed by atoms with Crippen molar-refractivity contribution in [2.75, 3.05) is 5.32 Å². The number of hydrogen-bond acceptors (Lipinski definition) is 4. The fourth-order valence-corrected chi connectivity index (χ4v) is 1.96. The maximum absolute atomic E-state index is 11.9. The Morgan fingerprint density at radius 2 is 2.19 bits per heavy atom. The second-order valence-corrected chi connectivity index (χ2v) is 4.73. The summed E-state index contributed by atoms with van der Waals surface area (Å²) in [5, 5.41) is 7.39. The molecule has 16 heavy (non-hydrogen) atoms. The van der Waals surface area contributed by atoms with E-state index in [-0.39, 0.29) is 5.91 Å². The minimum Gasteiger partial charge on any atom is -0.298 e. The molecule has 5 nitrogen and oxygen atoms in total. The van der Waals surface area contributed by atoms with Crippen molar-refractivity contribution in [2.45, 2.75) is 13.8 Å². The minimum atomic E-state index is -0.167. The molecule has 0 saturated carbocycles. The van der Waals surface area contributed by atoms with E-state index in [1.54, 1.807) is 24.1 Å². The predicted molar refractivity (Wildman–Crippen MR) is 62.7 cm³/mol. The van der Waals surface area contributed by atoms with Gasteiger partial charge in [0.1, 0.15) is 0 Å². The monoisotopic (exact) mass is 236 g/mol. The van der Waals surface area contributed by atoms with Gasteiger partial charge in [0.2, 0.25) is 0 Å². The van der Waals surface area contributed by atoms with Gasteiger partial charge in [0.15, 0.2) is 5.13 Å². The number of aromatic nitrogens is 3. The fourth-order valence-electron chi connectivity index (χ4n) is 1.30. The number of carbonyl (C=O) groups is 1. The van der Waals surface area contributed by atoms with Crippen LogP contribution in [0.15, 0.2) is 12.4 Å². The Labute approximate surface area is 97.1 Å². The molecule has 0 fully saturated rings. The molecule has 1 amide bonds. The Morgan fingerprint density at radius 3 is 2.69 bits per heavy atom. The van der Waals surface area contributed by atoms with Crippen LogP contribution in [0.3, 0.4) is 0 Å². The fraction of sp³-hybridized carbons (Fsp3) is 0.300. The number of amides is 1. The number of aryl methyl sites for hydroxylation is 2. The van der Waals surface area contributed by atoms with Crippen molar-refractivity contribution in [1.29, 1.82) is 0 Å². The predicted octanol–water partition coefficient (Wildman–Crippen LogP) is 1.75. The van der Waals surface area contributed by atoms with Crippen molar-refractivity contribution in [3.05, 3.63) is 28.5 Å². The van der Waals surface area contributed by atoms with Gasteiger partial charge in [-0.3, -0.25) is 14.8 Å². The number of thiazole rings is 1. The van der Waals surface area contributed by atoms with E-state index in [0.717, 1.165) is 10.6 Å². The molecule has 2 rings (SSSR count). The number of hydrogen-bond donors (Lipinski definition) is 1. The summed E-state index contributed by atoms with van der Waals surface area (Å²) in [5.74, 6) is -0.167. The van der Waals surface area contributed by atoms with E-state index in [1.807, 2.05) is 13.8 Å². The van der Waals surface area contributed by atoms with Crippen molar-refractivity contribution in [2.24, 2.45) is 7.05 Å². The summed E-state index contributed by atoms with van der Waals surface area (Å²) >= 11 is 1.45. The highest BCUT2D eigenvalue weighted by Gasteiger charge is 2.13. The molecule has 2 aromatic heterocycles. The quantitative estimate of drug-likeness (QED) is 0.864. The summed E-state index contributed by atoms with van der Waals surface area (Å²) in [5.41, 5.74) is 1.42. The molecule has 0 spiro atoms. The molecule has 6 heteroatoms. The lowest BCUT2D eigenvalue weighted by atomic mass is 10.2. The first-order valence-electron chi connectivity index (χ1n) is 4.80. The third-order valence-electron chi connectivity index (χ3n) is 2.32. The van der Waals surface area contributed by atoms with Gasteiger partial charge < -0.3 is 0 Å². The standard InChI is InChI=1S/C10H12N4OS/c1-6-4-11-10(16-6)13-9(15)8-5-12-14(3)7(8)2/h4-5H,1-3H3,(H,11,13,15). The Hall–Kier alpha value is -1.69. The molecular formula is C10H12N4OS. The van der Waals surface area contributed by atoms with Crippen LogP contribution in [0.25, 0.3) is 0 Å². The topological polar surface area (TPSA) is 59.8 Å². The summed E-state index contributed by atoms with van der Waals surface area (Å²) < 4.78 is 1.67. The first-order chi connectivity index (χ1) is 7.58. The number of carbonyl (C=O) groups excluding carboxylic acids is 1. The Kier molecular flexibility index (Phi) is 2.74. The molecule has 1 N–H and O–H groups in total. The van der Waals surface area contributed by atoms with Gasteiger partial charge in [-0.1, -0.05) is 0 Å². The molecule has 0 radical (unpaired) electrons. The first-order valence-corrected chi connectivity index (χ1v) is 5.62. The normalized spacial score (nSPS) is 10.4. The first kappa shape index (κ1) is 10.8. The van der Waals surface area contributed by atoms with Gasteiger partial charge >= 0.3 is 0 Å². The third kappa shape index (κ3) is 1.96. The van der Waals surface area contributed by atoms with Crippen LogP contribution in [-0.2, 0) is 7.05 Å². The van der Waals surface area contributed by atoms with E-state index in [4.69, 9.17) is 0 Å². The molecular weight excluding hydrogens is 224 g/mol. The zero-order chi connectivity index (χ0) is 11.7. The van der Waals surface area contributed by atoms with Crippen molar-refractivity contribution < 1.29 is 4.79 Å². The SMILES string of the molecule is Cc1cnc(NC(=O)c2cnn(C)c2C)s1. The van der Waals surface area contributed by atoms with E-state index >= 15 is 0 Å². The molecule has 0 aromatic carbocycles. The summed E-state index contributed by atoms with van der Waals surface area (Å²) in [6.45, 7) is 3.80. The Balaban J connectivity index is 2.18. The van der Waals surface area contributed by atoms with Crippen LogP contribution in [0.2, 0.25) is 0 Å². The molecule has 0 aliphatic heterocycles. The van der Waals surface area contributed by atoms with Gasteiger partial charge in [0, 0.05) is 23.8 Å². The maximum Gasteiger partial charge on any atom is 0.260 e. The zero-order valence-electron chi connectivity index (χ0n) is 9.31. The lowest BCUT2D eigenvalue weighted by Gasteiger charge is -2.00. The number of anilines is 1. The summed E-state index contributed by atoms with van der Waals surface area (Å²) in [6.07, 6.45) is 3.29. The average Bonchev–Trinajstić information content (AvgIpc) is 2.76. The summed E-state index contributed by atoms with van der Waals surface area (Å²) in [6, 6.07) is 0. The third-order valence-corrected chi connectivity index (χ3v) is 3.15. The van der Waals surface area contributed by atoms with Crippen LogP contribution in [0.1, 0.15) is 20.9 Å². The van der Waals surface area contributed by atoms with Gasteiger partial charge in [-0.15, -0.1) is 11.3 Å². The smallest absolute Gasteiger partial charge is 0.260 e. The summed E-state index contributed by atoms with van der Waals surface area (Å²) in [7, 11) is 1.81. The highest BCUT2D eigenvalue weighted by atomic mass is 32.1. The molecule has 0 aliphatic carbocycles. The van der Waals surface area contributed by atoms with Crippen molar-refractivity contribution >= 4 is 22.4 Å².